The van der Waals surface area contributed by atoms with E-state index in [1.165, 1.54) is 4.90 Å². The van der Waals surface area contributed by atoms with Crippen LogP contribution < -0.4 is 14.4 Å². The maximum absolute atomic E-state index is 13.2. The van der Waals surface area contributed by atoms with Gasteiger partial charge in [0.05, 0.1) is 29.9 Å². The molecule has 1 atom stereocenters. The molecular formula is C26H23ClN2O5. The molecule has 8 heteroatoms. The van der Waals surface area contributed by atoms with Crippen molar-refractivity contribution in [3.8, 4) is 11.5 Å². The summed E-state index contributed by atoms with van der Waals surface area (Å²) in [4.78, 5) is 31.8. The van der Waals surface area contributed by atoms with Crippen LogP contribution in [0.3, 0.4) is 0 Å². The van der Waals surface area contributed by atoms with Gasteiger partial charge < -0.3 is 14.6 Å². The number of aromatic nitrogens is 1. The Morgan fingerprint density at radius 3 is 2.32 bits per heavy atom. The number of nitrogens with zero attached hydrogens (tertiary/aromatic N) is 2. The fourth-order valence-corrected chi connectivity index (χ4v) is 4.07. The molecule has 0 spiro atoms. The number of carbonyl (C=O) groups is 2. The Morgan fingerprint density at radius 2 is 1.68 bits per heavy atom. The van der Waals surface area contributed by atoms with Gasteiger partial charge in [-0.15, -0.1) is 0 Å². The number of rotatable bonds is 7. The molecule has 3 aromatic rings. The summed E-state index contributed by atoms with van der Waals surface area (Å²) in [5, 5.41) is 11.6. The van der Waals surface area contributed by atoms with E-state index in [1.807, 2.05) is 13.8 Å². The Labute approximate surface area is 202 Å². The summed E-state index contributed by atoms with van der Waals surface area (Å²) in [6, 6.07) is 14.1. The van der Waals surface area contributed by atoms with Crippen molar-refractivity contribution in [2.75, 3.05) is 18.1 Å². The Bertz CT molecular complexity index is 1240. The Balaban J connectivity index is 1.87. The summed E-state index contributed by atoms with van der Waals surface area (Å²) >= 11 is 6.18. The number of pyridine rings is 1. The molecule has 0 bridgehead atoms. The van der Waals surface area contributed by atoms with Crippen molar-refractivity contribution in [3.63, 3.8) is 0 Å². The number of aliphatic hydroxyl groups is 1. The lowest BCUT2D eigenvalue weighted by Gasteiger charge is -2.25. The van der Waals surface area contributed by atoms with Crippen LogP contribution in [0.4, 0.5) is 5.69 Å². The highest BCUT2D eigenvalue weighted by molar-refractivity contribution is 6.51. The van der Waals surface area contributed by atoms with Crippen molar-refractivity contribution in [2.45, 2.75) is 19.9 Å². The van der Waals surface area contributed by atoms with Gasteiger partial charge in [0.25, 0.3) is 11.7 Å². The number of halogens is 1. The molecule has 4 rings (SSSR count). The minimum Gasteiger partial charge on any atom is -0.507 e. The second kappa shape index (κ2) is 9.97. The second-order valence-corrected chi connectivity index (χ2v) is 7.86. The standard InChI is InChI=1S/C26H23ClN2O5/c1-3-33-19-8-6-18(7-9-19)29-23(16-11-13-28-14-12-16)22(25(31)26(29)32)24(30)17-5-10-20(27)21(15-17)34-4-2/h5-15,23,30H,3-4H2,1-2H3/b24-22-. The monoisotopic (exact) mass is 478 g/mol. The quantitative estimate of drug-likeness (QED) is 0.286. The van der Waals surface area contributed by atoms with Gasteiger partial charge in [0.15, 0.2) is 0 Å². The Kier molecular flexibility index (Phi) is 6.84. The van der Waals surface area contributed by atoms with Crippen LogP contribution in [0, 0.1) is 0 Å². The summed E-state index contributed by atoms with van der Waals surface area (Å²) in [5.41, 5.74) is 1.41. The Hall–Kier alpha value is -3.84. The smallest absolute Gasteiger partial charge is 0.300 e. The zero-order chi connectivity index (χ0) is 24.2. The molecule has 0 aliphatic carbocycles. The molecule has 1 saturated heterocycles. The van der Waals surface area contributed by atoms with Crippen LogP contribution in [-0.4, -0.2) is 35.0 Å². The minimum absolute atomic E-state index is 0.0325. The number of carbonyl (C=O) groups excluding carboxylic acids is 2. The largest absolute Gasteiger partial charge is 0.507 e. The summed E-state index contributed by atoms with van der Waals surface area (Å²) in [6.07, 6.45) is 3.15. The number of hydrogen-bond acceptors (Lipinski definition) is 6. The maximum Gasteiger partial charge on any atom is 0.300 e. The number of ether oxygens (including phenoxy) is 2. The highest BCUT2D eigenvalue weighted by atomic mass is 35.5. The van der Waals surface area contributed by atoms with Gasteiger partial charge in [-0.25, -0.2) is 0 Å². The van der Waals surface area contributed by atoms with E-state index in [1.54, 1.807) is 67.0 Å². The van der Waals surface area contributed by atoms with Gasteiger partial charge in [-0.1, -0.05) is 11.6 Å². The molecule has 1 N–H and O–H groups in total. The highest BCUT2D eigenvalue weighted by Gasteiger charge is 2.47. The van der Waals surface area contributed by atoms with Gasteiger partial charge in [0.2, 0.25) is 0 Å². The SMILES string of the molecule is CCOc1ccc(N2C(=O)C(=O)/C(=C(\O)c3ccc(Cl)c(OCC)c3)C2c2ccncc2)cc1. The normalized spacial score (nSPS) is 17.1. The van der Waals surface area contributed by atoms with Crippen LogP contribution in [0.2, 0.25) is 5.02 Å². The highest BCUT2D eigenvalue weighted by Crippen LogP contribution is 2.43. The van der Waals surface area contributed by atoms with Gasteiger partial charge in [-0.3, -0.25) is 19.5 Å². The molecule has 1 aliphatic rings. The van der Waals surface area contributed by atoms with E-state index in [4.69, 9.17) is 21.1 Å². The summed E-state index contributed by atoms with van der Waals surface area (Å²) in [7, 11) is 0. The third-order valence-corrected chi connectivity index (χ3v) is 5.71. The van der Waals surface area contributed by atoms with E-state index in [0.29, 0.717) is 46.5 Å². The first-order valence-electron chi connectivity index (χ1n) is 10.8. The number of benzene rings is 2. The van der Waals surface area contributed by atoms with E-state index >= 15 is 0 Å². The first-order chi connectivity index (χ1) is 16.5. The van der Waals surface area contributed by atoms with Crippen molar-refractivity contribution in [1.29, 1.82) is 0 Å². The van der Waals surface area contributed by atoms with Gasteiger partial charge in [0, 0.05) is 23.6 Å². The molecule has 1 aliphatic heterocycles. The van der Waals surface area contributed by atoms with Gasteiger partial charge >= 0.3 is 0 Å². The zero-order valence-corrected chi connectivity index (χ0v) is 19.5. The minimum atomic E-state index is -0.854. The van der Waals surface area contributed by atoms with Crippen LogP contribution in [-0.2, 0) is 9.59 Å². The van der Waals surface area contributed by atoms with E-state index < -0.39 is 17.7 Å². The van der Waals surface area contributed by atoms with Gasteiger partial charge in [0.1, 0.15) is 17.3 Å². The Morgan fingerprint density at radius 1 is 1.00 bits per heavy atom. The van der Waals surface area contributed by atoms with Crippen molar-refractivity contribution in [2.24, 2.45) is 0 Å². The maximum atomic E-state index is 13.2. The molecular weight excluding hydrogens is 456 g/mol. The molecule has 2 heterocycles. The molecule has 0 radical (unpaired) electrons. The number of ketones is 1. The number of hydrogen-bond donors (Lipinski definition) is 1. The number of aliphatic hydroxyl groups excluding tert-OH is 1. The lowest BCUT2D eigenvalue weighted by molar-refractivity contribution is -0.132. The molecule has 2 aromatic carbocycles. The average molecular weight is 479 g/mol. The molecule has 1 fully saturated rings. The van der Waals surface area contributed by atoms with Crippen molar-refractivity contribution in [3.05, 3.63) is 88.7 Å². The van der Waals surface area contributed by atoms with Crippen LogP contribution in [0.15, 0.2) is 72.6 Å². The third-order valence-electron chi connectivity index (χ3n) is 5.40. The van der Waals surface area contributed by atoms with E-state index in [0.717, 1.165) is 0 Å². The van der Waals surface area contributed by atoms with Gasteiger partial charge in [-0.2, -0.15) is 0 Å². The molecule has 1 amide bonds. The topological polar surface area (TPSA) is 89.0 Å². The van der Waals surface area contributed by atoms with Gasteiger partial charge in [-0.05, 0) is 74.0 Å². The van der Waals surface area contributed by atoms with Crippen LogP contribution in [0.5, 0.6) is 11.5 Å². The molecule has 34 heavy (non-hydrogen) atoms. The fourth-order valence-electron chi connectivity index (χ4n) is 3.90. The average Bonchev–Trinajstić information content (AvgIpc) is 3.12. The predicted octanol–water partition coefficient (Wildman–Crippen LogP) is 5.16. The third kappa shape index (κ3) is 4.34. The van der Waals surface area contributed by atoms with E-state index in [2.05, 4.69) is 4.98 Å². The summed E-state index contributed by atoms with van der Waals surface area (Å²) in [6.45, 7) is 4.58. The first kappa shape index (κ1) is 23.3. The molecule has 7 nitrogen and oxygen atoms in total. The first-order valence-corrected chi connectivity index (χ1v) is 11.2. The van der Waals surface area contributed by atoms with Crippen LogP contribution >= 0.6 is 11.6 Å². The van der Waals surface area contributed by atoms with Crippen molar-refractivity contribution in [1.82, 2.24) is 4.98 Å². The lowest BCUT2D eigenvalue weighted by Crippen LogP contribution is -2.29. The van der Waals surface area contributed by atoms with Crippen LogP contribution in [0.1, 0.15) is 31.0 Å². The van der Waals surface area contributed by atoms with Crippen molar-refractivity contribution >= 4 is 34.7 Å². The van der Waals surface area contributed by atoms with Crippen LogP contribution in [0.25, 0.3) is 5.76 Å². The summed E-state index contributed by atoms with van der Waals surface area (Å²) in [5.74, 6) is -0.832. The molecule has 1 aromatic heterocycles. The fraction of sp³-hybridized carbons (Fsp3) is 0.192. The predicted molar refractivity (Wildman–Crippen MR) is 129 cm³/mol. The number of anilines is 1. The number of amides is 1. The molecule has 0 saturated carbocycles. The van der Waals surface area contributed by atoms with E-state index in [9.17, 15) is 14.7 Å². The lowest BCUT2D eigenvalue weighted by atomic mass is 9.95. The molecule has 1 unspecified atom stereocenters. The van der Waals surface area contributed by atoms with E-state index in [-0.39, 0.29) is 11.3 Å². The summed E-state index contributed by atoms with van der Waals surface area (Å²) < 4.78 is 11.0. The van der Waals surface area contributed by atoms with Crippen molar-refractivity contribution < 1.29 is 24.2 Å². The zero-order valence-electron chi connectivity index (χ0n) is 18.7. The molecule has 174 valence electrons. The second-order valence-electron chi connectivity index (χ2n) is 7.45. The number of Topliss-reactive ketones (excluding diaryl/α,β-unsaturated/α-hetero) is 1.